The van der Waals surface area contributed by atoms with Gasteiger partial charge in [0.1, 0.15) is 0 Å². The first-order valence-electron chi connectivity index (χ1n) is 7.85. The monoisotopic (exact) mass is 309 g/mol. The summed E-state index contributed by atoms with van der Waals surface area (Å²) in [4.78, 5) is 16.7. The summed E-state index contributed by atoms with van der Waals surface area (Å²) in [6, 6.07) is 0. The molecule has 116 valence electrons. The Morgan fingerprint density at radius 1 is 1.48 bits per heavy atom. The first-order valence-corrected chi connectivity index (χ1v) is 8.72. The molecule has 2 heterocycles. The second-order valence-corrected chi connectivity index (χ2v) is 6.69. The van der Waals surface area contributed by atoms with Crippen LogP contribution in [0.4, 0.5) is 5.13 Å². The van der Waals surface area contributed by atoms with Crippen LogP contribution in [0.3, 0.4) is 0 Å². The van der Waals surface area contributed by atoms with Crippen molar-refractivity contribution in [1.82, 2.24) is 10.3 Å². The first-order chi connectivity index (χ1) is 10.3. The number of aromatic nitrogens is 1. The van der Waals surface area contributed by atoms with Gasteiger partial charge in [-0.05, 0) is 45.7 Å². The Hall–Kier alpha value is -0.980. The fourth-order valence-electron chi connectivity index (χ4n) is 3.01. The Bertz CT molecular complexity index is 479. The molecule has 1 aromatic heterocycles. The number of nitrogens with one attached hydrogen (secondary N) is 2. The predicted molar refractivity (Wildman–Crippen MR) is 83.7 cm³/mol. The number of hydrogen-bond acceptors (Lipinski definition) is 5. The summed E-state index contributed by atoms with van der Waals surface area (Å²) in [5.41, 5.74) is 1.14. The van der Waals surface area contributed by atoms with Gasteiger partial charge in [0.05, 0.1) is 11.8 Å². The highest BCUT2D eigenvalue weighted by Gasteiger charge is 2.35. The maximum absolute atomic E-state index is 12.1. The number of anilines is 1. The molecule has 0 aromatic carbocycles. The van der Waals surface area contributed by atoms with Gasteiger partial charge in [0.2, 0.25) is 5.91 Å². The molecule has 21 heavy (non-hydrogen) atoms. The molecule has 1 saturated carbocycles. The minimum Gasteiger partial charge on any atom is -0.378 e. The van der Waals surface area contributed by atoms with Gasteiger partial charge in [-0.2, -0.15) is 0 Å². The zero-order chi connectivity index (χ0) is 14.7. The van der Waals surface area contributed by atoms with Gasteiger partial charge in [-0.1, -0.05) is 0 Å². The van der Waals surface area contributed by atoms with E-state index in [0.717, 1.165) is 56.2 Å². The molecule has 3 rings (SSSR count). The lowest BCUT2D eigenvalue weighted by Gasteiger charge is -2.33. The number of amides is 1. The third-order valence-electron chi connectivity index (χ3n) is 4.38. The molecular formula is C15H23N3O2S. The van der Waals surface area contributed by atoms with E-state index < -0.39 is 0 Å². The molecule has 2 fully saturated rings. The Balaban J connectivity index is 1.49. The molecule has 1 aliphatic carbocycles. The number of thiazole rings is 1. The van der Waals surface area contributed by atoms with Crippen molar-refractivity contribution in [2.45, 2.75) is 44.6 Å². The van der Waals surface area contributed by atoms with Crippen molar-refractivity contribution < 1.29 is 9.53 Å². The van der Waals surface area contributed by atoms with Gasteiger partial charge in [-0.15, -0.1) is 11.3 Å². The predicted octanol–water partition coefficient (Wildman–Crippen LogP) is 2.36. The van der Waals surface area contributed by atoms with E-state index in [4.69, 9.17) is 4.74 Å². The van der Waals surface area contributed by atoms with E-state index in [1.165, 1.54) is 11.3 Å². The lowest BCUT2D eigenvalue weighted by molar-refractivity contribution is -0.128. The van der Waals surface area contributed by atoms with E-state index in [9.17, 15) is 4.79 Å². The van der Waals surface area contributed by atoms with Gasteiger partial charge in [0, 0.05) is 23.8 Å². The van der Waals surface area contributed by atoms with Gasteiger partial charge < -0.3 is 15.4 Å². The Kier molecular flexibility index (Phi) is 4.87. The van der Waals surface area contributed by atoms with E-state index in [2.05, 4.69) is 21.0 Å². The molecule has 0 spiro atoms. The Labute approximate surface area is 129 Å². The molecule has 0 unspecified atom stereocenters. The van der Waals surface area contributed by atoms with Crippen molar-refractivity contribution in [2.24, 2.45) is 5.92 Å². The first kappa shape index (κ1) is 14.9. The maximum Gasteiger partial charge on any atom is 0.229 e. The number of nitrogens with zero attached hydrogens (tertiary/aromatic N) is 1. The number of rotatable bonds is 5. The highest BCUT2D eigenvalue weighted by atomic mass is 32.1. The number of piperidine rings is 1. The summed E-state index contributed by atoms with van der Waals surface area (Å²) < 4.78 is 5.49. The van der Waals surface area contributed by atoms with E-state index in [1.54, 1.807) is 0 Å². The highest BCUT2D eigenvalue weighted by molar-refractivity contribution is 7.13. The van der Waals surface area contributed by atoms with E-state index in [-0.39, 0.29) is 17.9 Å². The van der Waals surface area contributed by atoms with Gasteiger partial charge in [0.25, 0.3) is 0 Å². The van der Waals surface area contributed by atoms with Crippen molar-refractivity contribution in [3.05, 3.63) is 11.1 Å². The van der Waals surface area contributed by atoms with Crippen LogP contribution in [0.2, 0.25) is 0 Å². The van der Waals surface area contributed by atoms with Crippen LogP contribution in [0.5, 0.6) is 0 Å². The molecular weight excluding hydrogens is 286 g/mol. The second kappa shape index (κ2) is 6.85. The molecule has 0 radical (unpaired) electrons. The van der Waals surface area contributed by atoms with Crippen LogP contribution in [0.15, 0.2) is 5.38 Å². The number of carbonyl (C=O) groups excluding carboxylic acids is 1. The molecule has 2 aliphatic rings. The van der Waals surface area contributed by atoms with E-state index in [0.29, 0.717) is 5.92 Å². The van der Waals surface area contributed by atoms with Gasteiger partial charge in [0.15, 0.2) is 5.13 Å². The Morgan fingerprint density at radius 3 is 2.95 bits per heavy atom. The number of ether oxygens (including phenoxy) is 1. The van der Waals surface area contributed by atoms with Crippen LogP contribution in [-0.2, 0) is 9.53 Å². The van der Waals surface area contributed by atoms with E-state index >= 15 is 0 Å². The normalized spacial score (nSPS) is 26.3. The topological polar surface area (TPSA) is 63.2 Å². The van der Waals surface area contributed by atoms with E-state index in [1.807, 2.05) is 6.92 Å². The van der Waals surface area contributed by atoms with Crippen molar-refractivity contribution in [3.8, 4) is 0 Å². The summed E-state index contributed by atoms with van der Waals surface area (Å²) in [6.07, 6.45) is 4.22. The number of hydrogen-bond donors (Lipinski definition) is 2. The molecule has 2 N–H and O–H groups in total. The molecule has 1 saturated heterocycles. The lowest BCUT2D eigenvalue weighted by Crippen LogP contribution is -2.39. The average molecular weight is 309 g/mol. The van der Waals surface area contributed by atoms with Crippen LogP contribution in [0.1, 0.15) is 44.2 Å². The summed E-state index contributed by atoms with van der Waals surface area (Å²) in [6.45, 7) is 4.84. The van der Waals surface area contributed by atoms with Crippen LogP contribution >= 0.6 is 11.3 Å². The molecule has 5 nitrogen and oxygen atoms in total. The van der Waals surface area contributed by atoms with Gasteiger partial charge in [-0.3, -0.25) is 4.79 Å². The van der Waals surface area contributed by atoms with Crippen molar-refractivity contribution in [3.63, 3.8) is 0 Å². The largest absolute Gasteiger partial charge is 0.378 e. The zero-order valence-corrected chi connectivity index (χ0v) is 13.2. The summed E-state index contributed by atoms with van der Waals surface area (Å²) in [5.74, 6) is 0.726. The summed E-state index contributed by atoms with van der Waals surface area (Å²) in [5, 5.41) is 9.16. The second-order valence-electron chi connectivity index (χ2n) is 5.84. The summed E-state index contributed by atoms with van der Waals surface area (Å²) in [7, 11) is 0. The van der Waals surface area contributed by atoms with Crippen LogP contribution < -0.4 is 10.6 Å². The maximum atomic E-state index is 12.1. The summed E-state index contributed by atoms with van der Waals surface area (Å²) >= 11 is 1.54. The number of carbonyl (C=O) groups is 1. The van der Waals surface area contributed by atoms with Crippen LogP contribution in [0, 0.1) is 5.92 Å². The SMILES string of the molecule is CCOC1CC(C(=O)Nc2nc(C3CCNCC3)cs2)C1. The zero-order valence-electron chi connectivity index (χ0n) is 12.4. The molecule has 1 amide bonds. The minimum atomic E-state index is 0.0905. The molecule has 1 aromatic rings. The van der Waals surface area contributed by atoms with Crippen molar-refractivity contribution >= 4 is 22.4 Å². The smallest absolute Gasteiger partial charge is 0.229 e. The van der Waals surface area contributed by atoms with Crippen molar-refractivity contribution in [2.75, 3.05) is 25.0 Å². The quantitative estimate of drug-likeness (QED) is 0.876. The molecule has 6 heteroatoms. The van der Waals surface area contributed by atoms with Gasteiger partial charge in [-0.25, -0.2) is 4.98 Å². The average Bonchev–Trinajstić information content (AvgIpc) is 2.91. The molecule has 0 atom stereocenters. The third kappa shape index (κ3) is 3.62. The van der Waals surface area contributed by atoms with Crippen molar-refractivity contribution in [1.29, 1.82) is 0 Å². The molecule has 1 aliphatic heterocycles. The molecule has 0 bridgehead atoms. The Morgan fingerprint density at radius 2 is 2.24 bits per heavy atom. The van der Waals surface area contributed by atoms with Crippen LogP contribution in [0.25, 0.3) is 0 Å². The third-order valence-corrected chi connectivity index (χ3v) is 5.15. The lowest BCUT2D eigenvalue weighted by atomic mass is 9.81. The minimum absolute atomic E-state index is 0.0905. The fourth-order valence-corrected chi connectivity index (χ4v) is 3.80. The highest BCUT2D eigenvalue weighted by Crippen LogP contribution is 2.32. The van der Waals surface area contributed by atoms with Crippen LogP contribution in [-0.4, -0.2) is 36.7 Å². The fraction of sp³-hybridized carbons (Fsp3) is 0.733. The van der Waals surface area contributed by atoms with Gasteiger partial charge >= 0.3 is 0 Å². The standard InChI is InChI=1S/C15H23N3O2S/c1-2-20-12-7-11(8-12)14(19)18-15-17-13(9-21-15)10-3-5-16-6-4-10/h9-12,16H,2-8H2,1H3,(H,17,18,19).